The molecule has 1 heterocycles. The SMILES string of the molecule is COc1ccc(C(C(C(=O)OCC(CCC(C)C)C(C)C)C(=O)OCC(CCC(C)C)C(C)C)n2ccnc2)c(OC)c1. The number of hydrogen-bond acceptors (Lipinski definition) is 7. The van der Waals surface area contributed by atoms with Gasteiger partial charge in [0.05, 0.1) is 39.8 Å². The number of nitrogens with zero attached hydrogens (tertiary/aromatic N) is 2. The molecule has 0 bridgehead atoms. The lowest BCUT2D eigenvalue weighted by Gasteiger charge is -2.29. The van der Waals surface area contributed by atoms with Crippen LogP contribution < -0.4 is 9.47 Å². The fourth-order valence-electron chi connectivity index (χ4n) is 5.23. The summed E-state index contributed by atoms with van der Waals surface area (Å²) in [6, 6.07) is 4.55. The Morgan fingerprint density at radius 3 is 1.70 bits per heavy atom. The van der Waals surface area contributed by atoms with Crippen LogP contribution in [0, 0.1) is 41.4 Å². The summed E-state index contributed by atoms with van der Waals surface area (Å²) in [4.78, 5) is 32.3. The van der Waals surface area contributed by atoms with Crippen molar-refractivity contribution in [1.29, 1.82) is 0 Å². The highest BCUT2D eigenvalue weighted by Gasteiger charge is 2.42. The van der Waals surface area contributed by atoms with Gasteiger partial charge in [-0.15, -0.1) is 0 Å². The van der Waals surface area contributed by atoms with E-state index in [0.29, 0.717) is 40.7 Å². The van der Waals surface area contributed by atoms with E-state index >= 15 is 0 Å². The van der Waals surface area contributed by atoms with E-state index in [1.54, 1.807) is 49.6 Å². The first-order valence-corrected chi connectivity index (χ1v) is 15.9. The molecule has 43 heavy (non-hydrogen) atoms. The summed E-state index contributed by atoms with van der Waals surface area (Å²) in [5.74, 6) is 0.728. The molecule has 3 unspecified atom stereocenters. The number of carbonyl (C=O) groups excluding carboxylic acids is 2. The van der Waals surface area contributed by atoms with E-state index in [-0.39, 0.29) is 25.0 Å². The summed E-state index contributed by atoms with van der Waals surface area (Å²) in [7, 11) is 3.13. The Morgan fingerprint density at radius 2 is 1.30 bits per heavy atom. The van der Waals surface area contributed by atoms with Crippen molar-refractivity contribution in [2.45, 2.75) is 87.1 Å². The molecule has 1 aromatic carbocycles. The minimum Gasteiger partial charge on any atom is -0.497 e. The average molecular weight is 601 g/mol. The molecule has 0 aliphatic rings. The van der Waals surface area contributed by atoms with Crippen molar-refractivity contribution in [3.8, 4) is 11.5 Å². The number of esters is 2. The highest BCUT2D eigenvalue weighted by Crippen LogP contribution is 2.37. The quantitative estimate of drug-likeness (QED) is 0.121. The summed E-state index contributed by atoms with van der Waals surface area (Å²) in [5.41, 5.74) is 0.626. The van der Waals surface area contributed by atoms with Crippen molar-refractivity contribution in [3.05, 3.63) is 42.5 Å². The molecule has 0 aliphatic carbocycles. The van der Waals surface area contributed by atoms with E-state index in [0.717, 1.165) is 25.7 Å². The summed E-state index contributed by atoms with van der Waals surface area (Å²) in [6.45, 7) is 17.8. The number of carbonyl (C=O) groups is 2. The molecule has 2 rings (SSSR count). The van der Waals surface area contributed by atoms with Gasteiger partial charge in [-0.05, 0) is 60.5 Å². The van der Waals surface area contributed by atoms with Crippen molar-refractivity contribution in [3.63, 3.8) is 0 Å². The zero-order valence-electron chi connectivity index (χ0n) is 28.2. The maximum absolute atomic E-state index is 14.1. The number of methoxy groups -OCH3 is 2. The maximum Gasteiger partial charge on any atom is 0.322 e. The van der Waals surface area contributed by atoms with Gasteiger partial charge in [0.1, 0.15) is 11.5 Å². The van der Waals surface area contributed by atoms with Gasteiger partial charge in [-0.2, -0.15) is 0 Å². The monoisotopic (exact) mass is 600 g/mol. The number of ether oxygens (including phenoxy) is 4. The Hall–Kier alpha value is -3.03. The van der Waals surface area contributed by atoms with Crippen LogP contribution in [0.2, 0.25) is 0 Å². The van der Waals surface area contributed by atoms with Gasteiger partial charge < -0.3 is 23.5 Å². The Labute approximate surface area is 259 Å². The minimum atomic E-state index is -1.27. The fraction of sp³-hybridized carbons (Fsp3) is 0.686. The molecule has 1 aromatic heterocycles. The number of rotatable bonds is 19. The third-order valence-electron chi connectivity index (χ3n) is 8.42. The van der Waals surface area contributed by atoms with Crippen molar-refractivity contribution < 1.29 is 28.5 Å². The Morgan fingerprint density at radius 1 is 0.767 bits per heavy atom. The predicted molar refractivity (Wildman–Crippen MR) is 170 cm³/mol. The smallest absolute Gasteiger partial charge is 0.322 e. The summed E-state index contributed by atoms with van der Waals surface area (Å²) >= 11 is 0. The molecule has 3 atom stereocenters. The van der Waals surface area contributed by atoms with Crippen LogP contribution in [0.25, 0.3) is 0 Å². The molecular formula is C35H56N2O6. The van der Waals surface area contributed by atoms with Crippen LogP contribution in [0.1, 0.15) is 92.7 Å². The van der Waals surface area contributed by atoms with Gasteiger partial charge in [-0.25, -0.2) is 4.98 Å². The third kappa shape index (κ3) is 11.2. The molecule has 0 N–H and O–H groups in total. The van der Waals surface area contributed by atoms with Gasteiger partial charge in [0.2, 0.25) is 0 Å². The van der Waals surface area contributed by atoms with Gasteiger partial charge in [0, 0.05) is 24.0 Å². The molecule has 8 heteroatoms. The van der Waals surface area contributed by atoms with Crippen LogP contribution in [-0.4, -0.2) is 48.9 Å². The van der Waals surface area contributed by atoms with Gasteiger partial charge in [-0.3, -0.25) is 9.59 Å². The summed E-state index contributed by atoms with van der Waals surface area (Å²) in [6.07, 6.45) is 8.93. The molecule has 242 valence electrons. The molecule has 8 nitrogen and oxygen atoms in total. The van der Waals surface area contributed by atoms with E-state index in [1.165, 1.54) is 0 Å². The van der Waals surface area contributed by atoms with Crippen LogP contribution in [0.5, 0.6) is 11.5 Å². The van der Waals surface area contributed by atoms with Gasteiger partial charge >= 0.3 is 11.9 Å². The zero-order valence-corrected chi connectivity index (χ0v) is 28.2. The highest BCUT2D eigenvalue weighted by molar-refractivity contribution is 5.96. The third-order valence-corrected chi connectivity index (χ3v) is 8.42. The number of benzene rings is 1. The summed E-state index contributed by atoms with van der Waals surface area (Å²) < 4.78 is 24.9. The Balaban J connectivity index is 2.50. The second kappa shape index (κ2) is 17.9. The molecule has 0 amide bonds. The normalized spacial score (nSPS) is 14.6. The highest BCUT2D eigenvalue weighted by atomic mass is 16.6. The largest absolute Gasteiger partial charge is 0.497 e. The number of aromatic nitrogens is 2. The minimum absolute atomic E-state index is 0.187. The van der Waals surface area contributed by atoms with E-state index in [1.807, 2.05) is 6.07 Å². The molecule has 0 saturated heterocycles. The molecule has 0 fully saturated rings. The molecule has 0 aliphatic heterocycles. The molecule has 0 radical (unpaired) electrons. The van der Waals surface area contributed by atoms with E-state index in [9.17, 15) is 9.59 Å². The van der Waals surface area contributed by atoms with E-state index in [4.69, 9.17) is 18.9 Å². The first-order chi connectivity index (χ1) is 20.4. The van der Waals surface area contributed by atoms with Crippen molar-refractivity contribution in [1.82, 2.24) is 9.55 Å². The second-order valence-electron chi connectivity index (χ2n) is 13.3. The first-order valence-electron chi connectivity index (χ1n) is 15.9. The molecule has 2 aromatic rings. The van der Waals surface area contributed by atoms with Crippen LogP contribution in [0.15, 0.2) is 36.9 Å². The predicted octanol–water partition coefficient (Wildman–Crippen LogP) is 7.61. The van der Waals surface area contributed by atoms with Crippen LogP contribution in [-0.2, 0) is 19.1 Å². The van der Waals surface area contributed by atoms with Crippen molar-refractivity contribution in [2.24, 2.45) is 41.4 Å². The fourth-order valence-corrected chi connectivity index (χ4v) is 5.23. The van der Waals surface area contributed by atoms with Crippen LogP contribution in [0.3, 0.4) is 0 Å². The lowest BCUT2D eigenvalue weighted by molar-refractivity contribution is -0.166. The van der Waals surface area contributed by atoms with Crippen LogP contribution >= 0.6 is 0 Å². The van der Waals surface area contributed by atoms with Crippen molar-refractivity contribution in [2.75, 3.05) is 27.4 Å². The lowest BCUT2D eigenvalue weighted by atomic mass is 9.88. The van der Waals surface area contributed by atoms with Gasteiger partial charge in [-0.1, -0.05) is 68.2 Å². The second-order valence-corrected chi connectivity index (χ2v) is 13.3. The van der Waals surface area contributed by atoms with Gasteiger partial charge in [0.25, 0.3) is 0 Å². The zero-order chi connectivity index (χ0) is 32.1. The molecule has 0 saturated carbocycles. The molecular weight excluding hydrogens is 544 g/mol. The van der Waals surface area contributed by atoms with E-state index < -0.39 is 23.9 Å². The standard InChI is InChI=1S/C35H56N2O6/c1-23(2)11-13-27(25(5)6)20-42-34(38)32(35(39)43-21-28(26(7)8)14-12-24(3)4)33(37-18-17-36-22-37)30-16-15-29(40-9)19-31(30)41-10/h15-19,22-28,32-33H,11-14,20-21H2,1-10H3. The van der Waals surface area contributed by atoms with Crippen LogP contribution in [0.4, 0.5) is 0 Å². The average Bonchev–Trinajstić information content (AvgIpc) is 3.49. The first kappa shape index (κ1) is 36.2. The number of imidazole rings is 1. The summed E-state index contributed by atoms with van der Waals surface area (Å²) in [5, 5.41) is 0. The Bertz CT molecular complexity index is 1060. The Kier molecular flexibility index (Phi) is 15.1. The molecule has 0 spiro atoms. The number of hydrogen-bond donors (Lipinski definition) is 0. The van der Waals surface area contributed by atoms with E-state index in [2.05, 4.69) is 60.4 Å². The van der Waals surface area contributed by atoms with Gasteiger partial charge in [0.15, 0.2) is 5.92 Å². The topological polar surface area (TPSA) is 88.9 Å². The van der Waals surface area contributed by atoms with Crippen molar-refractivity contribution >= 4 is 11.9 Å². The maximum atomic E-state index is 14.1. The lowest BCUT2D eigenvalue weighted by Crippen LogP contribution is -2.38.